The van der Waals surface area contributed by atoms with E-state index in [-0.39, 0.29) is 5.69 Å². The molecule has 0 aliphatic carbocycles. The van der Waals surface area contributed by atoms with Crippen LogP contribution in [-0.2, 0) is 6.54 Å². The molecule has 1 aromatic carbocycles. The van der Waals surface area contributed by atoms with Crippen LogP contribution >= 0.6 is 38.9 Å². The van der Waals surface area contributed by atoms with Crippen LogP contribution in [0, 0.1) is 10.1 Å². The number of nitro groups is 1. The molecule has 7 heteroatoms. The highest BCUT2D eigenvalue weighted by Gasteiger charge is 2.14. The minimum Gasteiger partial charge on any atom is -0.375 e. The van der Waals surface area contributed by atoms with E-state index < -0.39 is 4.92 Å². The van der Waals surface area contributed by atoms with Crippen LogP contribution in [0.1, 0.15) is 4.88 Å². The van der Waals surface area contributed by atoms with Crippen molar-refractivity contribution in [1.29, 1.82) is 0 Å². The van der Waals surface area contributed by atoms with Crippen molar-refractivity contribution in [3.63, 3.8) is 0 Å². The molecule has 0 spiro atoms. The SMILES string of the molecule is O=[N+]([O-])c1cc(Cl)ccc1NCc1ccc(Br)s1. The number of thiophene rings is 1. The third kappa shape index (κ3) is 3.22. The number of hydrogen-bond donors (Lipinski definition) is 1. The number of hydrogen-bond acceptors (Lipinski definition) is 4. The van der Waals surface area contributed by atoms with E-state index in [9.17, 15) is 10.1 Å². The fraction of sp³-hybridized carbons (Fsp3) is 0.0909. The van der Waals surface area contributed by atoms with Gasteiger partial charge in [-0.15, -0.1) is 11.3 Å². The molecular formula is C11H8BrClN2O2S. The second-order valence-electron chi connectivity index (χ2n) is 3.48. The van der Waals surface area contributed by atoms with Gasteiger partial charge in [0, 0.05) is 22.5 Å². The van der Waals surface area contributed by atoms with Gasteiger partial charge in [-0.2, -0.15) is 0 Å². The lowest BCUT2D eigenvalue weighted by Crippen LogP contribution is -2.01. The van der Waals surface area contributed by atoms with Crippen LogP contribution in [0.4, 0.5) is 11.4 Å². The number of halogens is 2. The highest BCUT2D eigenvalue weighted by atomic mass is 79.9. The molecule has 0 unspecified atom stereocenters. The van der Waals surface area contributed by atoms with Gasteiger partial charge in [0.1, 0.15) is 5.69 Å². The molecule has 1 aromatic heterocycles. The van der Waals surface area contributed by atoms with Crippen LogP contribution in [0.15, 0.2) is 34.1 Å². The summed E-state index contributed by atoms with van der Waals surface area (Å²) >= 11 is 10.7. The second-order valence-corrected chi connectivity index (χ2v) is 6.46. The number of rotatable bonds is 4. The van der Waals surface area contributed by atoms with E-state index >= 15 is 0 Å². The fourth-order valence-corrected chi connectivity index (χ4v) is 3.02. The van der Waals surface area contributed by atoms with Gasteiger partial charge in [-0.3, -0.25) is 10.1 Å². The summed E-state index contributed by atoms with van der Waals surface area (Å²) < 4.78 is 1.03. The number of nitro benzene ring substituents is 1. The molecule has 94 valence electrons. The number of nitrogens with zero attached hydrogens (tertiary/aromatic N) is 1. The highest BCUT2D eigenvalue weighted by Crippen LogP contribution is 2.29. The minimum absolute atomic E-state index is 0.0156. The zero-order chi connectivity index (χ0) is 13.1. The van der Waals surface area contributed by atoms with E-state index in [0.29, 0.717) is 17.3 Å². The summed E-state index contributed by atoms with van der Waals surface area (Å²) in [6.45, 7) is 0.540. The first kappa shape index (κ1) is 13.3. The van der Waals surface area contributed by atoms with E-state index in [1.165, 1.54) is 6.07 Å². The Balaban J connectivity index is 2.16. The van der Waals surface area contributed by atoms with Gasteiger partial charge in [0.05, 0.1) is 8.71 Å². The van der Waals surface area contributed by atoms with E-state index in [4.69, 9.17) is 11.6 Å². The Hall–Kier alpha value is -1.11. The van der Waals surface area contributed by atoms with Gasteiger partial charge in [0.25, 0.3) is 5.69 Å². The first-order valence-electron chi connectivity index (χ1n) is 4.98. The molecule has 0 aliphatic rings. The van der Waals surface area contributed by atoms with Crippen LogP contribution in [0.5, 0.6) is 0 Å². The van der Waals surface area contributed by atoms with E-state index in [1.54, 1.807) is 23.5 Å². The van der Waals surface area contributed by atoms with Crippen molar-refractivity contribution in [3.8, 4) is 0 Å². The summed E-state index contributed by atoms with van der Waals surface area (Å²) in [5.41, 5.74) is 0.451. The molecule has 4 nitrogen and oxygen atoms in total. The van der Waals surface area contributed by atoms with Gasteiger partial charge >= 0.3 is 0 Å². The Labute approximate surface area is 121 Å². The van der Waals surface area contributed by atoms with Crippen molar-refractivity contribution in [2.75, 3.05) is 5.32 Å². The summed E-state index contributed by atoms with van der Waals surface area (Å²) in [6, 6.07) is 8.49. The predicted molar refractivity (Wildman–Crippen MR) is 77.5 cm³/mol. The molecule has 0 atom stereocenters. The summed E-state index contributed by atoms with van der Waals surface area (Å²) in [5.74, 6) is 0. The maximum Gasteiger partial charge on any atom is 0.293 e. The van der Waals surface area contributed by atoms with Crippen molar-refractivity contribution in [2.24, 2.45) is 0 Å². The number of nitrogens with one attached hydrogen (secondary N) is 1. The lowest BCUT2D eigenvalue weighted by Gasteiger charge is -2.05. The third-order valence-corrected chi connectivity index (χ3v) is 4.10. The summed E-state index contributed by atoms with van der Waals surface area (Å²) in [6.07, 6.45) is 0. The van der Waals surface area contributed by atoms with Gasteiger partial charge in [-0.05, 0) is 40.2 Å². The Morgan fingerprint density at radius 1 is 1.39 bits per heavy atom. The molecule has 1 N–H and O–H groups in total. The third-order valence-electron chi connectivity index (χ3n) is 2.24. The van der Waals surface area contributed by atoms with Gasteiger partial charge in [0.15, 0.2) is 0 Å². The average Bonchev–Trinajstić information content (AvgIpc) is 2.73. The van der Waals surface area contributed by atoms with Crippen molar-refractivity contribution >= 4 is 50.2 Å². The van der Waals surface area contributed by atoms with Gasteiger partial charge in [0.2, 0.25) is 0 Å². The van der Waals surface area contributed by atoms with Crippen molar-refractivity contribution in [3.05, 3.63) is 54.1 Å². The van der Waals surface area contributed by atoms with Crippen molar-refractivity contribution < 1.29 is 4.92 Å². The Morgan fingerprint density at radius 2 is 2.17 bits per heavy atom. The zero-order valence-corrected chi connectivity index (χ0v) is 12.2. The number of anilines is 1. The quantitative estimate of drug-likeness (QED) is 0.645. The molecule has 2 aromatic rings. The van der Waals surface area contributed by atoms with Gasteiger partial charge in [-0.25, -0.2) is 0 Å². The molecule has 1 heterocycles. The first-order chi connectivity index (χ1) is 8.56. The zero-order valence-electron chi connectivity index (χ0n) is 9.02. The standard InChI is InChI=1S/C11H8BrClN2O2S/c12-11-4-2-8(18-11)6-14-9-3-1-7(13)5-10(9)15(16)17/h1-5,14H,6H2. The molecule has 0 fully saturated rings. The summed E-state index contributed by atoms with van der Waals surface area (Å²) in [7, 11) is 0. The topological polar surface area (TPSA) is 55.2 Å². The van der Waals surface area contributed by atoms with E-state index in [1.807, 2.05) is 12.1 Å². The normalized spacial score (nSPS) is 10.3. The Bertz CT molecular complexity index is 588. The summed E-state index contributed by atoms with van der Waals surface area (Å²) in [4.78, 5) is 11.5. The summed E-state index contributed by atoms with van der Waals surface area (Å²) in [5, 5.41) is 14.3. The number of benzene rings is 1. The lowest BCUT2D eigenvalue weighted by atomic mass is 10.2. The lowest BCUT2D eigenvalue weighted by molar-refractivity contribution is -0.383. The van der Waals surface area contributed by atoms with Crippen molar-refractivity contribution in [1.82, 2.24) is 0 Å². The second kappa shape index (κ2) is 5.69. The van der Waals surface area contributed by atoms with E-state index in [0.717, 1.165) is 8.66 Å². The van der Waals surface area contributed by atoms with Crippen LogP contribution in [-0.4, -0.2) is 4.92 Å². The largest absolute Gasteiger partial charge is 0.375 e. The highest BCUT2D eigenvalue weighted by molar-refractivity contribution is 9.11. The van der Waals surface area contributed by atoms with Crippen LogP contribution < -0.4 is 5.32 Å². The smallest absolute Gasteiger partial charge is 0.293 e. The van der Waals surface area contributed by atoms with Crippen molar-refractivity contribution in [2.45, 2.75) is 6.54 Å². The Morgan fingerprint density at radius 3 is 2.78 bits per heavy atom. The molecule has 0 amide bonds. The van der Waals surface area contributed by atoms with E-state index in [2.05, 4.69) is 21.2 Å². The molecule has 2 rings (SSSR count). The molecule has 0 bridgehead atoms. The van der Waals surface area contributed by atoms with Crippen LogP contribution in [0.25, 0.3) is 0 Å². The average molecular weight is 348 g/mol. The monoisotopic (exact) mass is 346 g/mol. The Kier molecular flexibility index (Phi) is 4.21. The van der Waals surface area contributed by atoms with Gasteiger partial charge in [-0.1, -0.05) is 11.6 Å². The maximum atomic E-state index is 10.9. The molecule has 0 saturated carbocycles. The molecule has 0 aliphatic heterocycles. The molecule has 0 radical (unpaired) electrons. The maximum absolute atomic E-state index is 10.9. The predicted octanol–water partition coefficient (Wildman–Crippen LogP) is 4.68. The fourth-order valence-electron chi connectivity index (χ4n) is 1.43. The first-order valence-corrected chi connectivity index (χ1v) is 6.97. The van der Waals surface area contributed by atoms with Gasteiger partial charge < -0.3 is 5.32 Å². The van der Waals surface area contributed by atoms with Crippen LogP contribution in [0.3, 0.4) is 0 Å². The molecular weight excluding hydrogens is 340 g/mol. The molecule has 18 heavy (non-hydrogen) atoms. The molecule has 0 saturated heterocycles. The minimum atomic E-state index is -0.446. The van der Waals surface area contributed by atoms with Crippen LogP contribution in [0.2, 0.25) is 5.02 Å².